The van der Waals surface area contributed by atoms with Crippen molar-refractivity contribution in [3.05, 3.63) is 57.7 Å². The molecule has 21 heavy (non-hydrogen) atoms. The molecule has 2 rings (SSSR count). The van der Waals surface area contributed by atoms with Crippen LogP contribution in [0.2, 0.25) is 0 Å². The van der Waals surface area contributed by atoms with Crippen LogP contribution >= 0.6 is 0 Å². The van der Waals surface area contributed by atoms with Crippen molar-refractivity contribution >= 4 is 21.7 Å². The van der Waals surface area contributed by atoms with Crippen molar-refractivity contribution in [3.63, 3.8) is 0 Å². The van der Waals surface area contributed by atoms with Gasteiger partial charge in [0.1, 0.15) is 0 Å². The average molecular weight is 418 g/mol. The van der Waals surface area contributed by atoms with E-state index in [0.717, 1.165) is 0 Å². The maximum atomic E-state index is 12.0. The first-order valence-corrected chi connectivity index (χ1v) is 10.6. The molecule has 0 unspecified atom stereocenters. The summed E-state index contributed by atoms with van der Waals surface area (Å²) in [4.78, 5) is 14.0. The molecule has 0 aliphatic heterocycles. The van der Waals surface area contributed by atoms with E-state index in [1.807, 2.05) is 12.1 Å². The summed E-state index contributed by atoms with van der Waals surface area (Å²) in [5, 5.41) is 2.67. The quantitative estimate of drug-likeness (QED) is 0.382. The second kappa shape index (κ2) is 6.54. The zero-order valence-electron chi connectivity index (χ0n) is 11.1. The molecule has 0 heterocycles. The molecule has 2 N–H and O–H groups in total. The first-order chi connectivity index (χ1) is 9.90. The fourth-order valence-electron chi connectivity index (χ4n) is 1.64. The molecule has 0 atom stereocenters. The standard InChI is InChI=1S/C14H13INO4S/c1-15-11-4-2-10(3-5-11)14(17)16-12-6-8-13(9-7-12)21(18,19)20/h2-9H,1H3,(H,16,17)(H,18,19,20)/q-1. The van der Waals surface area contributed by atoms with Crippen LogP contribution in [0.4, 0.5) is 5.69 Å². The van der Waals surface area contributed by atoms with Gasteiger partial charge in [-0.2, -0.15) is 0 Å². The Morgan fingerprint density at radius 2 is 1.62 bits per heavy atom. The van der Waals surface area contributed by atoms with Gasteiger partial charge in [-0.15, -0.1) is 0 Å². The van der Waals surface area contributed by atoms with Crippen LogP contribution in [0.15, 0.2) is 53.4 Å². The van der Waals surface area contributed by atoms with Gasteiger partial charge in [-0.05, 0) is 0 Å². The van der Waals surface area contributed by atoms with Crippen LogP contribution < -0.4 is 26.5 Å². The SMILES string of the molecule is C[I-]c1ccc(C(=O)Nc2ccc(S(=O)(=O)O)cc2)cc1. The summed E-state index contributed by atoms with van der Waals surface area (Å²) in [6, 6.07) is 12.7. The minimum atomic E-state index is -4.22. The van der Waals surface area contributed by atoms with Gasteiger partial charge in [-0.25, -0.2) is 0 Å². The Hall–Kier alpha value is -1.45. The number of alkyl halides is 1. The van der Waals surface area contributed by atoms with Gasteiger partial charge < -0.3 is 0 Å². The van der Waals surface area contributed by atoms with Gasteiger partial charge in [0.15, 0.2) is 0 Å². The third-order valence-corrected chi connectivity index (χ3v) is 5.57. The van der Waals surface area contributed by atoms with E-state index in [-0.39, 0.29) is 32.0 Å². The van der Waals surface area contributed by atoms with Gasteiger partial charge in [0.25, 0.3) is 0 Å². The molecule has 7 heteroatoms. The molecule has 5 nitrogen and oxygen atoms in total. The molecule has 0 fully saturated rings. The fraction of sp³-hybridized carbons (Fsp3) is 0.0714. The predicted octanol–water partition coefficient (Wildman–Crippen LogP) is -0.926. The average Bonchev–Trinajstić information content (AvgIpc) is 2.47. The zero-order chi connectivity index (χ0) is 15.5. The van der Waals surface area contributed by atoms with Crippen molar-refractivity contribution < 1.29 is 39.0 Å². The maximum absolute atomic E-state index is 12.0. The van der Waals surface area contributed by atoms with Crippen LogP contribution in [0.5, 0.6) is 0 Å². The third-order valence-electron chi connectivity index (χ3n) is 2.73. The topological polar surface area (TPSA) is 83.5 Å². The van der Waals surface area contributed by atoms with E-state index < -0.39 is 10.1 Å². The second-order valence-corrected chi connectivity index (χ2v) is 7.90. The number of hydrogen-bond acceptors (Lipinski definition) is 3. The molecule has 1 amide bonds. The molecule has 0 saturated carbocycles. The Morgan fingerprint density at radius 1 is 1.05 bits per heavy atom. The van der Waals surface area contributed by atoms with Crippen LogP contribution in [0.1, 0.15) is 10.4 Å². The number of amides is 1. The molecular weight excluding hydrogens is 405 g/mol. The Morgan fingerprint density at radius 3 is 2.10 bits per heavy atom. The molecule has 0 spiro atoms. The minimum absolute atomic E-state index is 0.000180. The van der Waals surface area contributed by atoms with Crippen LogP contribution in [0.3, 0.4) is 0 Å². The van der Waals surface area contributed by atoms with E-state index in [9.17, 15) is 13.2 Å². The van der Waals surface area contributed by atoms with Gasteiger partial charge >= 0.3 is 133 Å². The number of halogens is 1. The van der Waals surface area contributed by atoms with Gasteiger partial charge in [-0.1, -0.05) is 0 Å². The summed E-state index contributed by atoms with van der Waals surface area (Å²) in [6.07, 6.45) is 0. The third kappa shape index (κ3) is 4.26. The summed E-state index contributed by atoms with van der Waals surface area (Å²) in [5.41, 5.74) is 0.995. The van der Waals surface area contributed by atoms with E-state index in [2.05, 4.69) is 10.2 Å². The monoisotopic (exact) mass is 418 g/mol. The summed E-state index contributed by atoms with van der Waals surface area (Å²) in [5.74, 6) is -0.268. The van der Waals surface area contributed by atoms with Crippen LogP contribution in [0.25, 0.3) is 0 Å². The van der Waals surface area contributed by atoms with Crippen molar-refractivity contribution in [1.29, 1.82) is 0 Å². The predicted molar refractivity (Wildman–Crippen MR) is 75.3 cm³/mol. The van der Waals surface area contributed by atoms with Crippen LogP contribution in [0, 0.1) is 3.57 Å². The molecule has 2 aromatic rings. The van der Waals surface area contributed by atoms with Gasteiger partial charge in [-0.3, -0.25) is 0 Å². The van der Waals surface area contributed by atoms with Crippen molar-refractivity contribution in [2.24, 2.45) is 0 Å². The first-order valence-electron chi connectivity index (χ1n) is 5.88. The van der Waals surface area contributed by atoms with E-state index in [1.165, 1.54) is 27.8 Å². The summed E-state index contributed by atoms with van der Waals surface area (Å²) in [7, 11) is -4.22. The molecule has 0 aliphatic carbocycles. The molecule has 2 aromatic carbocycles. The molecule has 0 aliphatic rings. The fourth-order valence-corrected chi connectivity index (χ4v) is 3.20. The number of hydrogen-bond donors (Lipinski definition) is 2. The Bertz CT molecular complexity index is 740. The molecule has 112 valence electrons. The summed E-state index contributed by atoms with van der Waals surface area (Å²) in [6.45, 7) is 0. The van der Waals surface area contributed by atoms with E-state index in [0.29, 0.717) is 11.3 Å². The van der Waals surface area contributed by atoms with E-state index in [1.54, 1.807) is 12.1 Å². The van der Waals surface area contributed by atoms with Crippen LogP contribution in [-0.2, 0) is 10.1 Å². The Balaban J connectivity index is 2.12. The van der Waals surface area contributed by atoms with Crippen molar-refractivity contribution in [2.45, 2.75) is 4.90 Å². The normalized spacial score (nSPS) is 11.3. The zero-order valence-corrected chi connectivity index (χ0v) is 14.1. The van der Waals surface area contributed by atoms with Crippen molar-refractivity contribution in [2.75, 3.05) is 10.2 Å². The molecule has 0 bridgehead atoms. The summed E-state index contributed by atoms with van der Waals surface area (Å²) < 4.78 is 32.0. The summed E-state index contributed by atoms with van der Waals surface area (Å²) >= 11 is 0.000180. The molecule has 0 aromatic heterocycles. The number of carbonyl (C=O) groups is 1. The molecule has 0 radical (unpaired) electrons. The Kier molecular flexibility index (Phi) is 4.96. The van der Waals surface area contributed by atoms with Gasteiger partial charge in [0.05, 0.1) is 0 Å². The molecular formula is C14H13INO4S-. The first kappa shape index (κ1) is 15.9. The van der Waals surface area contributed by atoms with Crippen LogP contribution in [-0.4, -0.2) is 23.8 Å². The second-order valence-electron chi connectivity index (χ2n) is 4.15. The number of carbonyl (C=O) groups excluding carboxylic acids is 1. The number of anilines is 1. The van der Waals surface area contributed by atoms with E-state index in [4.69, 9.17) is 4.55 Å². The molecule has 0 saturated heterocycles. The number of nitrogens with one attached hydrogen (secondary N) is 1. The van der Waals surface area contributed by atoms with E-state index >= 15 is 0 Å². The van der Waals surface area contributed by atoms with Crippen molar-refractivity contribution in [3.8, 4) is 0 Å². The van der Waals surface area contributed by atoms with Gasteiger partial charge in [0.2, 0.25) is 0 Å². The van der Waals surface area contributed by atoms with Gasteiger partial charge in [0, 0.05) is 0 Å². The van der Waals surface area contributed by atoms with Crippen molar-refractivity contribution in [1.82, 2.24) is 0 Å². The Labute approximate surface area is 133 Å². The number of rotatable bonds is 4. The number of benzene rings is 2.